The standard InChI is InChI=1S/C22H26N6O2S/c1-26-17-5-4-14(22(7-8-22)21(30)27-9-2-3-10-27)12-15(17)25-16(20(26)29)13-28-11-6-18(31-28)19(23)24/h4-6,12H,2-3,7-11,13H2,1H3,(H3,23,24). The number of aryl methyl sites for hydroxylation is 1. The van der Waals surface area contributed by atoms with Crippen LogP contribution < -0.4 is 11.3 Å². The maximum Gasteiger partial charge on any atom is 0.273 e. The maximum absolute atomic E-state index is 13.2. The van der Waals surface area contributed by atoms with Crippen LogP contribution >= 0.6 is 11.9 Å². The van der Waals surface area contributed by atoms with Gasteiger partial charge in [0.1, 0.15) is 11.5 Å². The van der Waals surface area contributed by atoms with E-state index in [4.69, 9.17) is 16.1 Å². The molecule has 1 saturated carbocycles. The lowest BCUT2D eigenvalue weighted by Crippen LogP contribution is -2.37. The van der Waals surface area contributed by atoms with Gasteiger partial charge < -0.3 is 15.2 Å². The topological polar surface area (TPSA) is 108 Å². The van der Waals surface area contributed by atoms with Crippen LogP contribution in [0.2, 0.25) is 0 Å². The van der Waals surface area contributed by atoms with Gasteiger partial charge in [0.05, 0.1) is 27.9 Å². The number of carbonyl (C=O) groups is 1. The van der Waals surface area contributed by atoms with Crippen LogP contribution in [0, 0.1) is 5.41 Å². The number of hydrogen-bond donors (Lipinski definition) is 2. The lowest BCUT2D eigenvalue weighted by molar-refractivity contribution is -0.132. The van der Waals surface area contributed by atoms with E-state index in [0.29, 0.717) is 23.7 Å². The first kappa shape index (κ1) is 20.3. The quantitative estimate of drug-likeness (QED) is 0.419. The highest BCUT2D eigenvalue weighted by molar-refractivity contribution is 8.02. The summed E-state index contributed by atoms with van der Waals surface area (Å²) in [5, 5.41) is 7.58. The van der Waals surface area contributed by atoms with Crippen LogP contribution in [-0.2, 0) is 23.8 Å². The third-order valence-electron chi connectivity index (χ3n) is 6.55. The van der Waals surface area contributed by atoms with Crippen LogP contribution in [0.3, 0.4) is 0 Å². The molecular formula is C22H26N6O2S. The van der Waals surface area contributed by atoms with E-state index in [1.165, 1.54) is 11.9 Å². The first-order valence-corrected chi connectivity index (χ1v) is 11.4. The third kappa shape index (κ3) is 3.45. The highest BCUT2D eigenvalue weighted by atomic mass is 32.2. The van der Waals surface area contributed by atoms with Gasteiger partial charge in [-0.25, -0.2) is 9.29 Å². The predicted octanol–water partition coefficient (Wildman–Crippen LogP) is 1.87. The van der Waals surface area contributed by atoms with E-state index in [9.17, 15) is 9.59 Å². The summed E-state index contributed by atoms with van der Waals surface area (Å²) in [6.45, 7) is 2.68. The summed E-state index contributed by atoms with van der Waals surface area (Å²) in [6, 6.07) is 5.90. The van der Waals surface area contributed by atoms with Crippen molar-refractivity contribution in [2.45, 2.75) is 37.6 Å². The second kappa shape index (κ2) is 7.49. The number of fused-ring (bicyclic) bond motifs is 1. The summed E-state index contributed by atoms with van der Waals surface area (Å²) in [5.41, 5.74) is 7.98. The largest absolute Gasteiger partial charge is 0.383 e. The molecule has 1 amide bonds. The van der Waals surface area contributed by atoms with Crippen molar-refractivity contribution in [2.24, 2.45) is 12.8 Å². The van der Waals surface area contributed by atoms with E-state index < -0.39 is 5.41 Å². The van der Waals surface area contributed by atoms with Gasteiger partial charge in [0, 0.05) is 26.7 Å². The van der Waals surface area contributed by atoms with E-state index in [0.717, 1.165) is 55.4 Å². The van der Waals surface area contributed by atoms with E-state index >= 15 is 0 Å². The van der Waals surface area contributed by atoms with Gasteiger partial charge >= 0.3 is 0 Å². The minimum Gasteiger partial charge on any atom is -0.383 e. The number of nitrogens with zero attached hydrogens (tertiary/aromatic N) is 4. The number of carbonyl (C=O) groups excluding carboxylic acids is 1. The molecule has 3 aliphatic rings. The number of aromatic nitrogens is 2. The number of hydrogen-bond acceptors (Lipinski definition) is 6. The average molecular weight is 439 g/mol. The number of benzene rings is 1. The number of nitrogens with one attached hydrogen (secondary N) is 1. The fourth-order valence-electron chi connectivity index (χ4n) is 4.59. The zero-order valence-corrected chi connectivity index (χ0v) is 18.4. The van der Waals surface area contributed by atoms with Crippen LogP contribution in [0.4, 0.5) is 0 Å². The van der Waals surface area contributed by atoms with Crippen molar-refractivity contribution in [3.05, 3.63) is 50.8 Å². The second-order valence-electron chi connectivity index (χ2n) is 8.60. The molecule has 3 N–H and O–H groups in total. The Kier molecular flexibility index (Phi) is 4.90. The minimum absolute atomic E-state index is 0.0360. The Morgan fingerprint density at radius 3 is 2.68 bits per heavy atom. The van der Waals surface area contributed by atoms with Crippen molar-refractivity contribution in [3.8, 4) is 0 Å². The molecule has 3 heterocycles. The van der Waals surface area contributed by atoms with Crippen molar-refractivity contribution in [1.29, 1.82) is 5.41 Å². The lowest BCUT2D eigenvalue weighted by Gasteiger charge is -2.23. The van der Waals surface area contributed by atoms with Crippen LogP contribution in [0.15, 0.2) is 34.0 Å². The number of amides is 1. The molecule has 31 heavy (non-hydrogen) atoms. The summed E-state index contributed by atoms with van der Waals surface area (Å²) >= 11 is 1.38. The molecule has 8 nitrogen and oxygen atoms in total. The van der Waals surface area contributed by atoms with Crippen molar-refractivity contribution >= 4 is 34.7 Å². The minimum atomic E-state index is -0.416. The number of nitrogens with two attached hydrogens (primary N) is 1. The van der Waals surface area contributed by atoms with Gasteiger partial charge in [-0.15, -0.1) is 0 Å². The predicted molar refractivity (Wildman–Crippen MR) is 122 cm³/mol. The van der Waals surface area contributed by atoms with Crippen LogP contribution in [-0.4, -0.2) is 50.1 Å². The van der Waals surface area contributed by atoms with Gasteiger partial charge in [-0.05, 0) is 55.3 Å². The summed E-state index contributed by atoms with van der Waals surface area (Å²) < 4.78 is 3.60. The van der Waals surface area contributed by atoms with E-state index in [2.05, 4.69) is 0 Å². The molecule has 5 rings (SSSR count). The van der Waals surface area contributed by atoms with Gasteiger partial charge in [0.15, 0.2) is 0 Å². The number of amidine groups is 1. The van der Waals surface area contributed by atoms with E-state index in [-0.39, 0.29) is 17.3 Å². The second-order valence-corrected chi connectivity index (χ2v) is 9.74. The van der Waals surface area contributed by atoms with Crippen LogP contribution in [0.5, 0.6) is 0 Å². The summed E-state index contributed by atoms with van der Waals surface area (Å²) in [6.07, 6.45) is 5.80. The fraction of sp³-hybridized carbons (Fsp3) is 0.455. The van der Waals surface area contributed by atoms with Crippen molar-refractivity contribution < 1.29 is 4.79 Å². The van der Waals surface area contributed by atoms with Crippen molar-refractivity contribution in [3.63, 3.8) is 0 Å². The Bertz CT molecular complexity index is 1180. The van der Waals surface area contributed by atoms with Crippen LogP contribution in [0.1, 0.15) is 36.9 Å². The summed E-state index contributed by atoms with van der Waals surface area (Å²) in [4.78, 5) is 33.5. The summed E-state index contributed by atoms with van der Waals surface area (Å²) in [7, 11) is 1.76. The van der Waals surface area contributed by atoms with Gasteiger partial charge in [-0.2, -0.15) is 0 Å². The molecule has 0 radical (unpaired) electrons. The highest BCUT2D eigenvalue weighted by Crippen LogP contribution is 2.50. The normalized spacial score (nSPS) is 20.3. The van der Waals surface area contributed by atoms with E-state index in [1.807, 2.05) is 33.5 Å². The zero-order valence-electron chi connectivity index (χ0n) is 17.6. The Hall–Kier alpha value is -2.65. The van der Waals surface area contributed by atoms with Gasteiger partial charge in [-0.1, -0.05) is 12.1 Å². The first-order valence-electron chi connectivity index (χ1n) is 10.7. The molecule has 1 saturated heterocycles. The molecule has 0 spiro atoms. The smallest absolute Gasteiger partial charge is 0.273 e. The molecule has 2 aromatic rings. The Morgan fingerprint density at radius 2 is 2.03 bits per heavy atom. The molecule has 2 fully saturated rings. The van der Waals surface area contributed by atoms with Gasteiger partial charge in [-0.3, -0.25) is 15.0 Å². The maximum atomic E-state index is 13.2. The zero-order chi connectivity index (χ0) is 21.8. The monoisotopic (exact) mass is 438 g/mol. The Balaban J connectivity index is 1.46. The Morgan fingerprint density at radius 1 is 1.29 bits per heavy atom. The third-order valence-corrected chi connectivity index (χ3v) is 7.67. The van der Waals surface area contributed by atoms with E-state index in [1.54, 1.807) is 11.6 Å². The number of likely N-dealkylation sites (tertiary alicyclic amines) is 1. The van der Waals surface area contributed by atoms with Crippen molar-refractivity contribution in [1.82, 2.24) is 18.8 Å². The molecule has 9 heteroatoms. The Labute approximate surface area is 184 Å². The first-order chi connectivity index (χ1) is 14.9. The molecule has 0 unspecified atom stereocenters. The molecule has 2 aliphatic heterocycles. The van der Waals surface area contributed by atoms with Gasteiger partial charge in [0.2, 0.25) is 5.91 Å². The molecule has 1 aromatic carbocycles. The molecule has 1 aliphatic carbocycles. The SMILES string of the molecule is Cn1c(=O)c(CN2CC=C(C(=N)N)S2)nc2cc(C3(C(=O)N4CCCC4)CC3)ccc21. The van der Waals surface area contributed by atoms with Gasteiger partial charge in [0.25, 0.3) is 5.56 Å². The molecule has 0 bridgehead atoms. The number of rotatable bonds is 5. The fourth-order valence-corrected chi connectivity index (χ4v) is 5.45. The molecule has 1 aromatic heterocycles. The van der Waals surface area contributed by atoms with Crippen molar-refractivity contribution in [2.75, 3.05) is 19.6 Å². The summed E-state index contributed by atoms with van der Waals surface area (Å²) in [5.74, 6) is 0.277. The molecular weight excluding hydrogens is 412 g/mol. The highest BCUT2D eigenvalue weighted by Gasteiger charge is 2.53. The average Bonchev–Trinajstić information content (AvgIpc) is 3.15. The van der Waals surface area contributed by atoms with Crippen LogP contribution in [0.25, 0.3) is 11.0 Å². The molecule has 162 valence electrons. The molecule has 0 atom stereocenters. The lowest BCUT2D eigenvalue weighted by atomic mass is 9.93.